The van der Waals surface area contributed by atoms with Crippen molar-refractivity contribution in [2.75, 3.05) is 0 Å². The van der Waals surface area contributed by atoms with Gasteiger partial charge in [-0.3, -0.25) is 0 Å². The molecular weight excluding hydrogens is 926 g/mol. The van der Waals surface area contributed by atoms with Crippen molar-refractivity contribution in [1.29, 1.82) is 0 Å². The number of benzene rings is 4. The Morgan fingerprint density at radius 2 is 0.914 bits per heavy atom. The van der Waals surface area contributed by atoms with Crippen molar-refractivity contribution in [3.05, 3.63) is 127 Å². The molecule has 0 spiro atoms. The van der Waals surface area contributed by atoms with E-state index in [0.29, 0.717) is 19.2 Å². The standard InChI is InChI=1S/C54H66Si.2ClH.Hf/c1-33(2)27-41-31-39-29-37-15-13-17-45(37)47(35-19-23-43(24-20-35)53(5,6)7)49(39)51(41)55(11,12)52-42(28-34(3)4)32-40-30-38-16-14-18-46(38)48(50(40)52)36-21-25-44(26-22-36)54(8,9)10;;;/h19-26,29-34H,13-18,27-28H2,1-12H3;2*1H;/q;;;+2/p-2. The quantitative estimate of drug-likeness (QED) is 0.170. The summed E-state index contributed by atoms with van der Waals surface area (Å²) in [5.41, 5.74) is 27.0. The van der Waals surface area contributed by atoms with Crippen LogP contribution in [-0.4, -0.2) is 8.07 Å². The molecule has 5 aliphatic rings. The first-order valence-corrected chi connectivity index (χ1v) is 29.4. The van der Waals surface area contributed by atoms with Crippen LogP contribution in [0.3, 0.4) is 0 Å². The fraction of sp³-hybridized carbons (Fsp3) is 0.481. The minimum absolute atomic E-state index is 0. The van der Waals surface area contributed by atoms with E-state index in [-0.39, 0.29) is 35.6 Å². The minimum atomic E-state index is -2.30. The third-order valence-corrected chi connectivity index (χ3v) is 25.0. The summed E-state index contributed by atoms with van der Waals surface area (Å²) in [6.07, 6.45) is 10.1. The summed E-state index contributed by atoms with van der Waals surface area (Å²) < 4.78 is 1.38. The molecule has 4 aromatic carbocycles. The second-order valence-electron chi connectivity index (χ2n) is 21.7. The normalized spacial score (nSPS) is 19.8. The van der Waals surface area contributed by atoms with Crippen LogP contribution in [0.4, 0.5) is 0 Å². The van der Waals surface area contributed by atoms with Gasteiger partial charge in [0.15, 0.2) is 0 Å². The summed E-state index contributed by atoms with van der Waals surface area (Å²) in [6.45, 7) is 29.8. The number of halogens is 2. The van der Waals surface area contributed by atoms with Crippen molar-refractivity contribution in [1.82, 2.24) is 0 Å². The maximum atomic E-state index is 2.83. The maximum Gasteiger partial charge on any atom is -1.00 e. The van der Waals surface area contributed by atoms with E-state index in [9.17, 15) is 0 Å². The van der Waals surface area contributed by atoms with Crippen molar-refractivity contribution in [2.24, 2.45) is 11.8 Å². The second-order valence-corrected chi connectivity index (χ2v) is 31.3. The zero-order chi connectivity index (χ0) is 39.6. The molecule has 4 bridgehead atoms. The summed E-state index contributed by atoms with van der Waals surface area (Å²) in [4.78, 5) is 0. The molecule has 0 aromatic heterocycles. The largest absolute Gasteiger partial charge is 1.00 e. The van der Waals surface area contributed by atoms with Crippen molar-refractivity contribution >= 4 is 18.5 Å². The molecule has 4 heteroatoms. The molecule has 0 nitrogen and oxygen atoms in total. The second kappa shape index (κ2) is 15.7. The van der Waals surface area contributed by atoms with Crippen LogP contribution in [0.25, 0.3) is 32.6 Å². The van der Waals surface area contributed by atoms with E-state index in [4.69, 9.17) is 0 Å². The van der Waals surface area contributed by atoms with Crippen molar-refractivity contribution < 1.29 is 47.7 Å². The van der Waals surface area contributed by atoms with E-state index >= 15 is 0 Å². The number of hydrogen-bond donors (Lipinski definition) is 0. The smallest absolute Gasteiger partial charge is 1.00 e. The molecular formula is C54H66Cl2HfSi. The first-order valence-electron chi connectivity index (χ1n) is 22.3. The molecule has 0 amide bonds. The Kier molecular flexibility index (Phi) is 12.0. The van der Waals surface area contributed by atoms with E-state index < -0.39 is 31.0 Å². The van der Waals surface area contributed by atoms with Gasteiger partial charge in [0.25, 0.3) is 0 Å². The van der Waals surface area contributed by atoms with Gasteiger partial charge in [-0.25, -0.2) is 0 Å². The molecule has 1 aliphatic heterocycles. The average Bonchev–Trinajstić information content (AvgIpc) is 3.90. The molecule has 0 N–H and O–H groups in total. The first kappa shape index (κ1) is 44.1. The maximum absolute atomic E-state index is 2.83. The predicted molar refractivity (Wildman–Crippen MR) is 241 cm³/mol. The van der Waals surface area contributed by atoms with E-state index in [1.54, 1.807) is 55.6 Å². The van der Waals surface area contributed by atoms with Gasteiger partial charge >= 0.3 is 355 Å². The van der Waals surface area contributed by atoms with Crippen LogP contribution in [0.2, 0.25) is 13.1 Å². The molecule has 0 radical (unpaired) electrons. The molecule has 0 saturated carbocycles. The van der Waals surface area contributed by atoms with Crippen LogP contribution in [0.1, 0.15) is 158 Å². The topological polar surface area (TPSA) is 0 Å². The Morgan fingerprint density at radius 1 is 0.552 bits per heavy atom. The zero-order valence-corrected chi connectivity index (χ0v) is 43.6. The first-order chi connectivity index (χ1) is 26.4. The summed E-state index contributed by atoms with van der Waals surface area (Å²) >= 11 is -1.40. The van der Waals surface area contributed by atoms with Crippen molar-refractivity contribution in [3.8, 4) is 22.3 Å². The molecule has 2 atom stereocenters. The fourth-order valence-electron chi connectivity index (χ4n) is 11.8. The molecule has 0 fully saturated rings. The number of allylic oxidation sites excluding steroid dienone is 2. The Balaban J connectivity index is 0.00000256. The number of hydrogen-bond acceptors (Lipinski definition) is 0. The number of aryl methyl sites for hydroxylation is 2. The van der Waals surface area contributed by atoms with Gasteiger partial charge in [-0.15, -0.1) is 0 Å². The van der Waals surface area contributed by atoms with Crippen LogP contribution in [0.5, 0.6) is 0 Å². The third-order valence-electron chi connectivity index (χ3n) is 14.2. The molecule has 1 heterocycles. The SMILES string of the molecule is CC(C)CC1=C2c3c(cc4c(c3-c3ccc(C(C)(C)C)cc3)CCC4)[CH]1[Hf+2][CH]1C(CC(C)C)=C(c3c1cc1c(c3-c3ccc(C(C)(C)C)cc3)CCC1)[Si]2(C)C.[Cl-].[Cl-]. The zero-order valence-electron chi connectivity index (χ0n) is 37.5. The van der Waals surface area contributed by atoms with Crippen LogP contribution in [-0.2, 0) is 59.4 Å². The van der Waals surface area contributed by atoms with Gasteiger partial charge in [-0.1, -0.05) is 0 Å². The fourth-order valence-corrected chi connectivity index (χ4v) is 24.5. The van der Waals surface area contributed by atoms with Gasteiger partial charge < -0.3 is 24.8 Å². The van der Waals surface area contributed by atoms with Gasteiger partial charge in [0.1, 0.15) is 0 Å². The van der Waals surface area contributed by atoms with Gasteiger partial charge in [0, 0.05) is 0 Å². The number of rotatable bonds is 6. The van der Waals surface area contributed by atoms with Crippen LogP contribution in [0.15, 0.2) is 71.8 Å². The minimum Gasteiger partial charge on any atom is -1.00 e. The Labute approximate surface area is 376 Å². The van der Waals surface area contributed by atoms with E-state index in [0.717, 1.165) is 0 Å². The van der Waals surface area contributed by atoms with Crippen LogP contribution >= 0.6 is 0 Å². The monoisotopic (exact) mass is 992 g/mol. The van der Waals surface area contributed by atoms with Crippen LogP contribution in [0, 0.1) is 11.8 Å². The van der Waals surface area contributed by atoms with E-state index in [2.05, 4.69) is 143 Å². The van der Waals surface area contributed by atoms with Crippen LogP contribution < -0.4 is 24.8 Å². The van der Waals surface area contributed by atoms with Gasteiger partial charge in [-0.05, 0) is 0 Å². The molecule has 304 valence electrons. The van der Waals surface area contributed by atoms with E-state index in [1.165, 1.54) is 73.6 Å². The molecule has 9 rings (SSSR count). The molecule has 0 saturated heterocycles. The van der Waals surface area contributed by atoms with Crippen molar-refractivity contribution in [2.45, 2.75) is 152 Å². The Morgan fingerprint density at radius 3 is 1.24 bits per heavy atom. The van der Waals surface area contributed by atoms with Gasteiger partial charge in [-0.2, -0.15) is 0 Å². The Hall–Kier alpha value is -1.97. The predicted octanol–water partition coefficient (Wildman–Crippen LogP) is 8.89. The van der Waals surface area contributed by atoms with E-state index in [1.807, 2.05) is 21.5 Å². The van der Waals surface area contributed by atoms with Gasteiger partial charge in [0.2, 0.25) is 0 Å². The van der Waals surface area contributed by atoms with Gasteiger partial charge in [0.05, 0.1) is 0 Å². The summed E-state index contributed by atoms with van der Waals surface area (Å²) in [5.74, 6) is 1.33. The Bertz CT molecular complexity index is 2160. The molecule has 2 unspecified atom stereocenters. The molecule has 4 aliphatic carbocycles. The third kappa shape index (κ3) is 7.12. The van der Waals surface area contributed by atoms with Crippen molar-refractivity contribution in [3.63, 3.8) is 0 Å². The molecule has 58 heavy (non-hydrogen) atoms. The summed E-state index contributed by atoms with van der Waals surface area (Å²) in [5, 5.41) is 3.75. The average molecular weight is 993 g/mol. The summed E-state index contributed by atoms with van der Waals surface area (Å²) in [6, 6.07) is 25.5. The molecule has 4 aromatic rings. The number of fused-ring (bicyclic) bond motifs is 10. The summed E-state index contributed by atoms with van der Waals surface area (Å²) in [7, 11) is -2.30.